The number of fused-ring (bicyclic) bond motifs is 7. The molecule has 41 heavy (non-hydrogen) atoms. The Morgan fingerprint density at radius 1 is 0.780 bits per heavy atom. The van der Waals surface area contributed by atoms with Crippen molar-refractivity contribution in [3.05, 3.63) is 144 Å². The molecule has 3 heteroatoms. The number of aliphatic hydroxyl groups is 1. The molecule has 203 valence electrons. The monoisotopic (exact) mass is 535 g/mol. The second-order valence-electron chi connectivity index (χ2n) is 12.0. The first-order chi connectivity index (χ1) is 19.6. The molecule has 0 aromatic heterocycles. The molecule has 1 radical (unpaired) electrons. The Hall–Kier alpha value is -3.92. The molecular formula is C38H36BO2. The van der Waals surface area contributed by atoms with Crippen LogP contribution < -0.4 is 5.46 Å². The van der Waals surface area contributed by atoms with Gasteiger partial charge in [0.15, 0.2) is 0 Å². The summed E-state index contributed by atoms with van der Waals surface area (Å²) in [6.45, 7) is 13.8. The predicted molar refractivity (Wildman–Crippen MR) is 172 cm³/mol. The zero-order chi connectivity index (χ0) is 29.0. The molecule has 0 saturated heterocycles. The number of allylic oxidation sites excluding steroid dienone is 5. The first kappa shape index (κ1) is 27.3. The molecule has 0 amide bonds. The van der Waals surface area contributed by atoms with Crippen molar-refractivity contribution in [2.75, 3.05) is 0 Å². The van der Waals surface area contributed by atoms with Gasteiger partial charge in [-0.05, 0) is 90.3 Å². The molecule has 6 rings (SSSR count). The molecule has 0 heterocycles. The summed E-state index contributed by atoms with van der Waals surface area (Å²) < 4.78 is 6.10. The van der Waals surface area contributed by atoms with Gasteiger partial charge in [0.25, 0.3) is 0 Å². The van der Waals surface area contributed by atoms with Crippen LogP contribution in [-0.4, -0.2) is 23.8 Å². The van der Waals surface area contributed by atoms with Gasteiger partial charge in [-0.25, -0.2) is 0 Å². The first-order valence-electron chi connectivity index (χ1n) is 14.3. The van der Waals surface area contributed by atoms with E-state index in [2.05, 4.69) is 111 Å². The van der Waals surface area contributed by atoms with E-state index in [1.54, 1.807) is 21.3 Å². The average molecular weight is 536 g/mol. The molecule has 0 aliphatic heterocycles. The molecule has 0 unspecified atom stereocenters. The molecule has 0 bridgehead atoms. The average Bonchev–Trinajstić information content (AvgIpc) is 3.42. The molecule has 0 saturated carbocycles. The Morgan fingerprint density at radius 2 is 1.37 bits per heavy atom. The van der Waals surface area contributed by atoms with Gasteiger partial charge in [0.05, 0.1) is 16.6 Å². The van der Waals surface area contributed by atoms with E-state index in [1.807, 2.05) is 26.0 Å². The van der Waals surface area contributed by atoms with Crippen LogP contribution in [0.2, 0.25) is 0 Å². The van der Waals surface area contributed by atoms with Gasteiger partial charge in [-0.15, -0.1) is 0 Å². The fourth-order valence-corrected chi connectivity index (χ4v) is 6.43. The van der Waals surface area contributed by atoms with Crippen LogP contribution in [-0.2, 0) is 10.1 Å². The van der Waals surface area contributed by atoms with E-state index < -0.39 is 16.6 Å². The Bertz CT molecular complexity index is 1690. The van der Waals surface area contributed by atoms with Crippen LogP contribution in [0.25, 0.3) is 27.8 Å². The molecule has 1 N–H and O–H groups in total. The topological polar surface area (TPSA) is 29.5 Å². The molecular weight excluding hydrogens is 499 g/mol. The van der Waals surface area contributed by atoms with E-state index in [9.17, 15) is 5.11 Å². The van der Waals surface area contributed by atoms with Crippen molar-refractivity contribution >= 4 is 18.5 Å². The second-order valence-corrected chi connectivity index (χ2v) is 12.0. The van der Waals surface area contributed by atoms with E-state index in [0.717, 1.165) is 22.2 Å². The lowest BCUT2D eigenvalue weighted by Crippen LogP contribution is -2.49. The molecule has 2 aliphatic rings. The zero-order valence-electron chi connectivity index (χ0n) is 24.5. The zero-order valence-corrected chi connectivity index (χ0v) is 24.5. The van der Waals surface area contributed by atoms with E-state index in [1.165, 1.54) is 39.0 Å². The largest absolute Gasteiger partial charge is 0.427 e. The Balaban J connectivity index is 1.57. The Kier molecular flexibility index (Phi) is 6.56. The van der Waals surface area contributed by atoms with Crippen LogP contribution in [0.3, 0.4) is 0 Å². The summed E-state index contributed by atoms with van der Waals surface area (Å²) >= 11 is 0. The molecule has 1 spiro atoms. The smallest absolute Gasteiger partial charge is 0.330 e. The van der Waals surface area contributed by atoms with Crippen LogP contribution in [0.15, 0.2) is 121 Å². The van der Waals surface area contributed by atoms with Gasteiger partial charge < -0.3 is 9.76 Å². The van der Waals surface area contributed by atoms with Crippen LogP contribution in [0.4, 0.5) is 0 Å². The quantitative estimate of drug-likeness (QED) is 0.243. The lowest BCUT2D eigenvalue weighted by Gasteiger charge is -2.37. The van der Waals surface area contributed by atoms with Crippen LogP contribution in [0.5, 0.6) is 0 Å². The predicted octanol–water partition coefficient (Wildman–Crippen LogP) is 8.01. The summed E-state index contributed by atoms with van der Waals surface area (Å²) in [7, 11) is 1.76. The summed E-state index contributed by atoms with van der Waals surface area (Å²) in [4.78, 5) is 0. The number of rotatable bonds is 7. The third-order valence-electron chi connectivity index (χ3n) is 9.08. The number of hydrogen-bond acceptors (Lipinski definition) is 2. The van der Waals surface area contributed by atoms with Gasteiger partial charge in [-0.1, -0.05) is 121 Å². The van der Waals surface area contributed by atoms with E-state index in [-0.39, 0.29) is 0 Å². The van der Waals surface area contributed by atoms with Crippen molar-refractivity contribution in [3.63, 3.8) is 0 Å². The normalized spacial score (nSPS) is 15.3. The minimum Gasteiger partial charge on any atom is -0.427 e. The summed E-state index contributed by atoms with van der Waals surface area (Å²) in [5.74, 6) is 0. The summed E-state index contributed by atoms with van der Waals surface area (Å²) in [6, 6.07) is 32.8. The molecule has 2 nitrogen and oxygen atoms in total. The van der Waals surface area contributed by atoms with Gasteiger partial charge in [0.2, 0.25) is 0 Å². The van der Waals surface area contributed by atoms with Crippen LogP contribution in [0, 0.1) is 0 Å². The third kappa shape index (κ3) is 4.02. The van der Waals surface area contributed by atoms with E-state index >= 15 is 0 Å². The SMILES string of the molecule is C=CC1=C(/C=C\C)C2(c3ccccc3-c3ccccc32)c2cccc(-c3cccc([B]OC(C)(C)C(C)(C)O)c3)c21. The van der Waals surface area contributed by atoms with Gasteiger partial charge in [0.1, 0.15) is 0 Å². The van der Waals surface area contributed by atoms with Crippen LogP contribution in [0.1, 0.15) is 56.9 Å². The van der Waals surface area contributed by atoms with Crippen molar-refractivity contribution in [1.82, 2.24) is 0 Å². The third-order valence-corrected chi connectivity index (χ3v) is 9.08. The van der Waals surface area contributed by atoms with Crippen LogP contribution >= 0.6 is 0 Å². The number of hydrogen-bond donors (Lipinski definition) is 1. The highest BCUT2D eigenvalue weighted by atomic mass is 16.5. The molecule has 4 aromatic carbocycles. The minimum absolute atomic E-state index is 0.419. The summed E-state index contributed by atoms with van der Waals surface area (Å²) in [5, 5.41) is 10.6. The summed E-state index contributed by atoms with van der Waals surface area (Å²) in [5.41, 5.74) is 11.2. The highest BCUT2D eigenvalue weighted by Crippen LogP contribution is 2.63. The van der Waals surface area contributed by atoms with Crippen molar-refractivity contribution in [1.29, 1.82) is 0 Å². The lowest BCUT2D eigenvalue weighted by atomic mass is 9.69. The van der Waals surface area contributed by atoms with Gasteiger partial charge in [-0.2, -0.15) is 0 Å². The van der Waals surface area contributed by atoms with E-state index in [4.69, 9.17) is 4.65 Å². The number of benzene rings is 4. The fourth-order valence-electron chi connectivity index (χ4n) is 6.43. The highest BCUT2D eigenvalue weighted by molar-refractivity contribution is 6.47. The van der Waals surface area contributed by atoms with Crippen molar-refractivity contribution in [3.8, 4) is 22.3 Å². The molecule has 4 aromatic rings. The summed E-state index contributed by atoms with van der Waals surface area (Å²) in [6.07, 6.45) is 6.45. The minimum atomic E-state index is -0.990. The fraction of sp³-hybridized carbons (Fsp3) is 0.211. The van der Waals surface area contributed by atoms with Crippen molar-refractivity contribution in [2.45, 2.75) is 51.2 Å². The first-order valence-corrected chi connectivity index (χ1v) is 14.3. The molecule has 0 atom stereocenters. The lowest BCUT2D eigenvalue weighted by molar-refractivity contribution is -0.0893. The van der Waals surface area contributed by atoms with Gasteiger partial charge in [0, 0.05) is 0 Å². The maximum Gasteiger partial charge on any atom is 0.330 e. The Labute approximate surface area is 245 Å². The van der Waals surface area contributed by atoms with Crippen molar-refractivity contribution < 1.29 is 9.76 Å². The highest BCUT2D eigenvalue weighted by Gasteiger charge is 2.52. The van der Waals surface area contributed by atoms with E-state index in [0.29, 0.717) is 0 Å². The second kappa shape index (κ2) is 9.87. The van der Waals surface area contributed by atoms with Crippen molar-refractivity contribution in [2.24, 2.45) is 0 Å². The maximum absolute atomic E-state index is 10.6. The Morgan fingerprint density at radius 3 is 1.98 bits per heavy atom. The van der Waals surface area contributed by atoms with Gasteiger partial charge in [-0.3, -0.25) is 0 Å². The van der Waals surface area contributed by atoms with Gasteiger partial charge >= 0.3 is 7.48 Å². The standard InChI is InChI=1S/C38H36BO2/c1-7-15-31-27(8-2)35-28(25-16-13-17-26(24-25)39-41-37(5,6)36(3,4)40)20-14-23-34(35)38(31)32-21-11-9-18-29(32)30-19-10-12-22-33(30)38/h7-24,40H,2H2,1,3-6H3/b15-7-. The molecule has 2 aliphatic carbocycles. The maximum atomic E-state index is 10.6. The molecule has 0 fully saturated rings.